The maximum Gasteiger partial charge on any atom is 0.207 e. The molecule has 0 saturated heterocycles. The van der Waals surface area contributed by atoms with Crippen molar-refractivity contribution >= 4 is 5.78 Å². The van der Waals surface area contributed by atoms with Crippen LogP contribution in [0, 0.1) is 0 Å². The third kappa shape index (κ3) is 4.17. The van der Waals surface area contributed by atoms with Crippen LogP contribution in [-0.2, 0) is 6.54 Å². The predicted molar refractivity (Wildman–Crippen MR) is 82.8 cm³/mol. The maximum absolute atomic E-state index is 12.6. The van der Waals surface area contributed by atoms with E-state index in [0.29, 0.717) is 18.0 Å². The molecule has 1 aromatic heterocycles. The predicted octanol–water partition coefficient (Wildman–Crippen LogP) is 2.53. The summed E-state index contributed by atoms with van der Waals surface area (Å²) in [5.74, 6) is 0.575. The molecule has 5 nitrogen and oxygen atoms in total. The smallest absolute Gasteiger partial charge is 0.207 e. The molecule has 0 amide bonds. The van der Waals surface area contributed by atoms with Crippen LogP contribution in [0.15, 0.2) is 17.8 Å². The minimum atomic E-state index is 0.0139. The van der Waals surface area contributed by atoms with Crippen molar-refractivity contribution in [2.45, 2.75) is 38.6 Å². The molecule has 0 aliphatic heterocycles. The van der Waals surface area contributed by atoms with Crippen molar-refractivity contribution in [2.24, 2.45) is 0 Å². The fraction of sp³-hybridized carbons (Fsp3) is 0.625. The topological polar surface area (TPSA) is 47.4 Å². The first-order chi connectivity index (χ1) is 10.1. The van der Waals surface area contributed by atoms with Gasteiger partial charge in [-0.05, 0) is 45.9 Å². The van der Waals surface area contributed by atoms with E-state index in [9.17, 15) is 4.79 Å². The van der Waals surface area contributed by atoms with Crippen LogP contribution in [-0.4, -0.2) is 48.2 Å². The fourth-order valence-corrected chi connectivity index (χ4v) is 2.63. The number of nitrogens with zero attached hydrogens (tertiary/aromatic N) is 3. The molecule has 116 valence electrons. The van der Waals surface area contributed by atoms with Gasteiger partial charge in [0.1, 0.15) is 0 Å². The van der Waals surface area contributed by atoms with Crippen LogP contribution in [0.25, 0.3) is 0 Å². The van der Waals surface area contributed by atoms with E-state index < -0.39 is 0 Å². The summed E-state index contributed by atoms with van der Waals surface area (Å²) < 4.78 is 7.05. The molecule has 1 aliphatic rings. The quantitative estimate of drug-likeness (QED) is 0.597. The summed E-state index contributed by atoms with van der Waals surface area (Å²) in [5, 5.41) is 4.29. The molecule has 5 heteroatoms. The highest BCUT2D eigenvalue weighted by atomic mass is 16.5. The molecule has 1 aromatic rings. The van der Waals surface area contributed by atoms with Crippen molar-refractivity contribution in [2.75, 3.05) is 27.7 Å². The van der Waals surface area contributed by atoms with Crippen molar-refractivity contribution < 1.29 is 9.53 Å². The number of allylic oxidation sites excluding steroid dienone is 2. The van der Waals surface area contributed by atoms with Gasteiger partial charge in [0.05, 0.1) is 19.9 Å². The number of likely N-dealkylation sites (N-methyl/N-ethyl adjacent to an activating group) is 1. The van der Waals surface area contributed by atoms with Gasteiger partial charge in [-0.25, -0.2) is 0 Å². The van der Waals surface area contributed by atoms with Crippen LogP contribution in [0.5, 0.6) is 5.75 Å². The molecule has 0 bridgehead atoms. The zero-order valence-corrected chi connectivity index (χ0v) is 13.3. The number of carbonyl (C=O) groups excluding carboxylic acids is 1. The van der Waals surface area contributed by atoms with Crippen LogP contribution in [0.1, 0.15) is 42.6 Å². The van der Waals surface area contributed by atoms with E-state index in [2.05, 4.69) is 10.00 Å². The third-order valence-electron chi connectivity index (χ3n) is 3.85. The molecule has 0 atom stereocenters. The van der Waals surface area contributed by atoms with Crippen molar-refractivity contribution in [3.05, 3.63) is 23.5 Å². The molecule has 21 heavy (non-hydrogen) atoms. The van der Waals surface area contributed by atoms with Crippen molar-refractivity contribution in [3.8, 4) is 5.75 Å². The average Bonchev–Trinajstić information content (AvgIpc) is 2.89. The van der Waals surface area contributed by atoms with Crippen LogP contribution >= 0.6 is 0 Å². The molecular weight excluding hydrogens is 266 g/mol. The van der Waals surface area contributed by atoms with Crippen LogP contribution in [0.3, 0.4) is 0 Å². The monoisotopic (exact) mass is 291 g/mol. The summed E-state index contributed by atoms with van der Waals surface area (Å²) in [5.41, 5.74) is 1.83. The molecule has 0 spiro atoms. The van der Waals surface area contributed by atoms with Gasteiger partial charge in [0, 0.05) is 6.54 Å². The average molecular weight is 291 g/mol. The Labute approximate surface area is 126 Å². The van der Waals surface area contributed by atoms with Crippen LogP contribution in [0.2, 0.25) is 0 Å². The zero-order chi connectivity index (χ0) is 15.2. The van der Waals surface area contributed by atoms with E-state index in [1.54, 1.807) is 24.1 Å². The summed E-state index contributed by atoms with van der Waals surface area (Å²) in [7, 11) is 5.59. The van der Waals surface area contributed by atoms with Gasteiger partial charge >= 0.3 is 0 Å². The molecular formula is C16H25N3O2. The van der Waals surface area contributed by atoms with Gasteiger partial charge in [-0.3, -0.25) is 9.48 Å². The van der Waals surface area contributed by atoms with Gasteiger partial charge in [-0.1, -0.05) is 12.0 Å². The molecule has 1 saturated carbocycles. The van der Waals surface area contributed by atoms with Crippen LogP contribution < -0.4 is 4.74 Å². The summed E-state index contributed by atoms with van der Waals surface area (Å²) in [6.45, 7) is 1.52. The summed E-state index contributed by atoms with van der Waals surface area (Å²) in [6, 6.07) is 0. The molecule has 0 aromatic carbocycles. The Morgan fingerprint density at radius 2 is 2.10 bits per heavy atom. The second-order valence-electron chi connectivity index (χ2n) is 5.82. The van der Waals surface area contributed by atoms with Gasteiger partial charge in [0.15, 0.2) is 11.4 Å². The summed E-state index contributed by atoms with van der Waals surface area (Å²) >= 11 is 0. The maximum atomic E-state index is 12.6. The standard InChI is InChI=1S/C16H25N3O2/c1-18(2)9-10-19-16(15(21-3)12-17-19)14(20)11-13-7-5-4-6-8-13/h11-12H,4-10H2,1-3H3. The number of carbonyl (C=O) groups is 1. The first kappa shape index (κ1) is 15.8. The third-order valence-corrected chi connectivity index (χ3v) is 3.85. The molecule has 2 rings (SSSR count). The minimum absolute atomic E-state index is 0.0139. The number of ether oxygens (including phenoxy) is 1. The molecule has 1 fully saturated rings. The Hall–Kier alpha value is -1.62. The number of hydrogen-bond acceptors (Lipinski definition) is 4. The highest BCUT2D eigenvalue weighted by Crippen LogP contribution is 2.25. The molecule has 0 unspecified atom stereocenters. The van der Waals surface area contributed by atoms with Gasteiger partial charge in [0.25, 0.3) is 0 Å². The lowest BCUT2D eigenvalue weighted by Crippen LogP contribution is -2.21. The van der Waals surface area contributed by atoms with Crippen LogP contribution in [0.4, 0.5) is 0 Å². The summed E-state index contributed by atoms with van der Waals surface area (Å²) in [6.07, 6.45) is 9.16. The van der Waals surface area contributed by atoms with E-state index in [4.69, 9.17) is 4.74 Å². The molecule has 1 aliphatic carbocycles. The lowest BCUT2D eigenvalue weighted by atomic mass is 9.94. The second-order valence-corrected chi connectivity index (χ2v) is 5.82. The van der Waals surface area contributed by atoms with Crippen molar-refractivity contribution in [1.82, 2.24) is 14.7 Å². The lowest BCUT2D eigenvalue weighted by molar-refractivity contribution is 0.103. The second kappa shape index (κ2) is 7.41. The SMILES string of the molecule is COc1cnn(CCN(C)C)c1C(=O)C=C1CCCCC1. The number of rotatable bonds is 6. The molecule has 0 radical (unpaired) electrons. The Balaban J connectivity index is 2.19. The first-order valence-electron chi connectivity index (χ1n) is 7.60. The Kier molecular flexibility index (Phi) is 5.56. The van der Waals surface area contributed by atoms with E-state index in [-0.39, 0.29) is 5.78 Å². The molecule has 0 N–H and O–H groups in total. The summed E-state index contributed by atoms with van der Waals surface area (Å²) in [4.78, 5) is 14.7. The zero-order valence-electron chi connectivity index (χ0n) is 13.3. The Morgan fingerprint density at radius 1 is 1.38 bits per heavy atom. The fourth-order valence-electron chi connectivity index (χ4n) is 2.63. The first-order valence-corrected chi connectivity index (χ1v) is 7.60. The highest BCUT2D eigenvalue weighted by Gasteiger charge is 2.19. The van der Waals surface area contributed by atoms with E-state index >= 15 is 0 Å². The van der Waals surface area contributed by atoms with E-state index in [0.717, 1.165) is 19.4 Å². The number of ketones is 1. The lowest BCUT2D eigenvalue weighted by Gasteiger charge is -2.14. The van der Waals surface area contributed by atoms with Gasteiger partial charge in [-0.2, -0.15) is 5.10 Å². The number of hydrogen-bond donors (Lipinski definition) is 0. The Bertz CT molecular complexity index is 510. The largest absolute Gasteiger partial charge is 0.493 e. The number of aromatic nitrogens is 2. The molecule has 1 heterocycles. The Morgan fingerprint density at radius 3 is 2.71 bits per heavy atom. The minimum Gasteiger partial charge on any atom is -0.493 e. The van der Waals surface area contributed by atoms with Gasteiger partial charge in [0.2, 0.25) is 5.78 Å². The van der Waals surface area contributed by atoms with Crippen molar-refractivity contribution in [1.29, 1.82) is 0 Å². The van der Waals surface area contributed by atoms with E-state index in [1.165, 1.54) is 24.8 Å². The normalized spacial score (nSPS) is 15.3. The highest BCUT2D eigenvalue weighted by molar-refractivity contribution is 6.05. The van der Waals surface area contributed by atoms with Gasteiger partial charge in [-0.15, -0.1) is 0 Å². The van der Waals surface area contributed by atoms with Gasteiger partial charge < -0.3 is 9.64 Å². The number of methoxy groups -OCH3 is 1. The van der Waals surface area contributed by atoms with Crippen molar-refractivity contribution in [3.63, 3.8) is 0 Å². The van der Waals surface area contributed by atoms with E-state index in [1.807, 2.05) is 14.1 Å².